The average Bonchev–Trinajstić information content (AvgIpc) is 3.04. The van der Waals surface area contributed by atoms with E-state index in [1.165, 1.54) is 31.4 Å². The van der Waals surface area contributed by atoms with Gasteiger partial charge in [0.05, 0.1) is 18.1 Å². The highest BCUT2D eigenvalue weighted by Gasteiger charge is 2.92. The summed E-state index contributed by atoms with van der Waals surface area (Å²) in [6.07, 6.45) is 0.443. The van der Waals surface area contributed by atoms with Crippen molar-refractivity contribution in [2.24, 2.45) is 5.41 Å². The normalized spacial score (nSPS) is 35.5. The maximum absolute atomic E-state index is 14.0. The highest BCUT2D eigenvalue weighted by molar-refractivity contribution is 5.43. The summed E-state index contributed by atoms with van der Waals surface area (Å²) in [5.74, 6) is -2.38. The van der Waals surface area contributed by atoms with Gasteiger partial charge >= 0.3 is 0 Å². The van der Waals surface area contributed by atoms with Crippen molar-refractivity contribution < 1.29 is 18.6 Å². The lowest BCUT2D eigenvalue weighted by atomic mass is 9.98. The zero-order chi connectivity index (χ0) is 11.6. The largest absolute Gasteiger partial charge is 0.497 e. The van der Waals surface area contributed by atoms with E-state index in [4.69, 9.17) is 4.74 Å². The second-order valence-corrected chi connectivity index (χ2v) is 4.77. The van der Waals surface area contributed by atoms with Crippen LogP contribution >= 0.6 is 0 Å². The van der Waals surface area contributed by atoms with Crippen LogP contribution in [0, 0.1) is 5.41 Å². The van der Waals surface area contributed by atoms with Crippen molar-refractivity contribution >= 4 is 0 Å². The van der Waals surface area contributed by atoms with Crippen LogP contribution in [0.3, 0.4) is 0 Å². The number of hydrogen-bond acceptors (Lipinski definition) is 2. The van der Waals surface area contributed by atoms with Gasteiger partial charge in [0, 0.05) is 5.56 Å². The zero-order valence-corrected chi connectivity index (χ0v) is 8.84. The number of rotatable bonds is 3. The third kappa shape index (κ3) is 0.981. The molecule has 3 rings (SSSR count). The van der Waals surface area contributed by atoms with Gasteiger partial charge in [-0.25, -0.2) is 8.78 Å². The van der Waals surface area contributed by atoms with Crippen LogP contribution in [0.5, 0.6) is 5.75 Å². The Hall–Kier alpha value is -1.16. The van der Waals surface area contributed by atoms with Crippen LogP contribution in [0.15, 0.2) is 24.3 Å². The van der Waals surface area contributed by atoms with Crippen LogP contribution in [0.1, 0.15) is 18.4 Å². The molecule has 0 amide bonds. The Balaban J connectivity index is 1.91. The maximum Gasteiger partial charge on any atom is 0.281 e. The van der Waals surface area contributed by atoms with Gasteiger partial charge in [-0.2, -0.15) is 0 Å². The number of alkyl halides is 2. The van der Waals surface area contributed by atoms with E-state index in [0.717, 1.165) is 0 Å². The monoisotopic (exact) mass is 226 g/mol. The van der Waals surface area contributed by atoms with E-state index in [0.29, 0.717) is 5.75 Å². The Labute approximate surface area is 91.8 Å². The summed E-state index contributed by atoms with van der Waals surface area (Å²) in [5.41, 5.74) is -2.30. The molecule has 0 saturated heterocycles. The molecule has 0 bridgehead atoms. The molecule has 2 aliphatic rings. The first-order chi connectivity index (χ1) is 7.45. The first-order valence-corrected chi connectivity index (χ1v) is 5.20. The van der Waals surface area contributed by atoms with Gasteiger partial charge in [-0.05, 0) is 37.1 Å². The lowest BCUT2D eigenvalue weighted by Gasteiger charge is -2.19. The molecule has 4 heteroatoms. The molecular formula is C12H12F2O2. The number of fused-ring (bicyclic) bond motifs is 1. The van der Waals surface area contributed by atoms with Crippen molar-refractivity contribution in [2.45, 2.75) is 24.4 Å². The number of halogens is 2. The van der Waals surface area contributed by atoms with Crippen molar-refractivity contribution in [3.63, 3.8) is 0 Å². The molecule has 2 nitrogen and oxygen atoms in total. The van der Waals surface area contributed by atoms with Gasteiger partial charge < -0.3 is 9.84 Å². The fraction of sp³-hybridized carbons (Fsp3) is 0.500. The molecule has 0 radical (unpaired) electrons. The van der Waals surface area contributed by atoms with Gasteiger partial charge in [-0.3, -0.25) is 0 Å². The van der Waals surface area contributed by atoms with Crippen LogP contribution in [0.2, 0.25) is 0 Å². The minimum atomic E-state index is -2.94. The zero-order valence-electron chi connectivity index (χ0n) is 8.84. The van der Waals surface area contributed by atoms with Crippen molar-refractivity contribution in [1.82, 2.24) is 0 Å². The lowest BCUT2D eigenvalue weighted by molar-refractivity contribution is -0.0576. The standard InChI is InChI=1S/C12H12F2O2/c1-16-9-4-2-8(3-5-9)12(13,14)10-6-11(10,15)7-10/h2-5,15H,6-7H2,1H3. The molecule has 16 heavy (non-hydrogen) atoms. The molecule has 2 saturated carbocycles. The van der Waals surface area contributed by atoms with Gasteiger partial charge in [0.2, 0.25) is 0 Å². The van der Waals surface area contributed by atoms with Crippen molar-refractivity contribution in [1.29, 1.82) is 0 Å². The van der Waals surface area contributed by atoms with E-state index in [-0.39, 0.29) is 18.4 Å². The van der Waals surface area contributed by atoms with Crippen LogP contribution in [-0.4, -0.2) is 17.8 Å². The molecule has 0 spiro atoms. The van der Waals surface area contributed by atoms with E-state index in [1.54, 1.807) is 0 Å². The number of benzene rings is 1. The minimum absolute atomic E-state index is 0.0401. The maximum atomic E-state index is 14.0. The topological polar surface area (TPSA) is 29.5 Å². The van der Waals surface area contributed by atoms with Gasteiger partial charge in [-0.1, -0.05) is 0 Å². The van der Waals surface area contributed by atoms with E-state index in [1.807, 2.05) is 0 Å². The summed E-state index contributed by atoms with van der Waals surface area (Å²) in [4.78, 5) is 0. The molecule has 0 aliphatic heterocycles. The quantitative estimate of drug-likeness (QED) is 0.857. The minimum Gasteiger partial charge on any atom is -0.497 e. The first kappa shape index (κ1) is 10.0. The molecule has 2 aliphatic carbocycles. The summed E-state index contributed by atoms with van der Waals surface area (Å²) in [6, 6.07) is 5.77. The van der Waals surface area contributed by atoms with Gasteiger partial charge in [0.1, 0.15) is 5.75 Å². The molecule has 0 atom stereocenters. The smallest absolute Gasteiger partial charge is 0.281 e. The SMILES string of the molecule is COc1ccc(C(F)(F)C23CC2(O)C3)cc1. The Morgan fingerprint density at radius 1 is 1.25 bits per heavy atom. The Bertz CT molecular complexity index is 433. The van der Waals surface area contributed by atoms with Crippen molar-refractivity contribution in [2.75, 3.05) is 7.11 Å². The third-order valence-corrected chi connectivity index (χ3v) is 3.88. The van der Waals surface area contributed by atoms with Crippen molar-refractivity contribution in [3.05, 3.63) is 29.8 Å². The predicted molar refractivity (Wildman–Crippen MR) is 53.5 cm³/mol. The molecule has 1 aromatic carbocycles. The number of aliphatic hydroxyl groups is 1. The summed E-state index contributed by atoms with van der Waals surface area (Å²) < 4.78 is 33.0. The molecule has 0 unspecified atom stereocenters. The van der Waals surface area contributed by atoms with E-state index in [9.17, 15) is 13.9 Å². The van der Waals surface area contributed by atoms with Gasteiger partial charge in [0.15, 0.2) is 0 Å². The summed E-state index contributed by atoms with van der Waals surface area (Å²) >= 11 is 0. The van der Waals surface area contributed by atoms with Crippen LogP contribution in [0.4, 0.5) is 8.78 Å². The molecule has 86 valence electrons. The van der Waals surface area contributed by atoms with Gasteiger partial charge in [0.25, 0.3) is 5.92 Å². The van der Waals surface area contributed by atoms with Crippen LogP contribution in [-0.2, 0) is 5.92 Å². The average molecular weight is 226 g/mol. The molecule has 1 N–H and O–H groups in total. The predicted octanol–water partition coefficient (Wildman–Crippen LogP) is 2.31. The fourth-order valence-corrected chi connectivity index (χ4v) is 2.45. The molecule has 0 heterocycles. The second kappa shape index (κ2) is 2.56. The van der Waals surface area contributed by atoms with E-state index in [2.05, 4.69) is 0 Å². The molecule has 0 aromatic heterocycles. The van der Waals surface area contributed by atoms with Crippen LogP contribution in [0.25, 0.3) is 0 Å². The number of ether oxygens (including phenoxy) is 1. The fourth-order valence-electron chi connectivity index (χ4n) is 2.45. The summed E-state index contributed by atoms with van der Waals surface area (Å²) in [7, 11) is 1.49. The third-order valence-electron chi connectivity index (χ3n) is 3.88. The second-order valence-electron chi connectivity index (χ2n) is 4.77. The van der Waals surface area contributed by atoms with Gasteiger partial charge in [-0.15, -0.1) is 0 Å². The number of methoxy groups -OCH3 is 1. The summed E-state index contributed by atoms with van der Waals surface area (Å²) in [5, 5.41) is 9.55. The Kier molecular flexibility index (Phi) is 1.61. The van der Waals surface area contributed by atoms with Crippen LogP contribution < -0.4 is 4.74 Å². The molecule has 2 fully saturated rings. The van der Waals surface area contributed by atoms with E-state index < -0.39 is 16.9 Å². The highest BCUT2D eigenvalue weighted by Crippen LogP contribution is 2.86. The van der Waals surface area contributed by atoms with E-state index >= 15 is 0 Å². The Morgan fingerprint density at radius 2 is 1.75 bits per heavy atom. The Morgan fingerprint density at radius 3 is 2.12 bits per heavy atom. The highest BCUT2D eigenvalue weighted by atomic mass is 19.3. The number of hydrogen-bond donors (Lipinski definition) is 1. The first-order valence-electron chi connectivity index (χ1n) is 5.20. The molecular weight excluding hydrogens is 214 g/mol. The summed E-state index contributed by atoms with van der Waals surface area (Å²) in [6.45, 7) is 0. The van der Waals surface area contributed by atoms with Crippen molar-refractivity contribution in [3.8, 4) is 5.75 Å². The molecule has 1 aromatic rings. The lowest BCUT2D eigenvalue weighted by Crippen LogP contribution is -2.21.